The van der Waals surface area contributed by atoms with Gasteiger partial charge in [0, 0.05) is 4.88 Å². The molecule has 0 saturated carbocycles. The van der Waals surface area contributed by atoms with Crippen molar-refractivity contribution in [2.75, 3.05) is 6.61 Å². The highest BCUT2D eigenvalue weighted by molar-refractivity contribution is 7.91. The van der Waals surface area contributed by atoms with Crippen molar-refractivity contribution in [3.8, 4) is 5.75 Å². The molecular weight excluding hydrogens is 324 g/mol. The first-order chi connectivity index (χ1) is 10.3. The average molecular weight is 340 g/mol. The number of hydrogen-bond donors (Lipinski definition) is 2. The number of carbonyl (C=O) groups is 1. The van der Waals surface area contributed by atoms with Gasteiger partial charge < -0.3 is 10.1 Å². The highest BCUT2D eigenvalue weighted by Gasteiger charge is 2.11. The normalized spacial score (nSPS) is 11.2. The van der Waals surface area contributed by atoms with Gasteiger partial charge in [0.15, 0.2) is 6.61 Å². The summed E-state index contributed by atoms with van der Waals surface area (Å²) in [4.78, 5) is 12.4. The Bertz CT molecular complexity index is 769. The van der Waals surface area contributed by atoms with Crippen molar-refractivity contribution in [3.05, 3.63) is 46.8 Å². The number of primary sulfonamides is 1. The first-order valence-electron chi connectivity index (χ1n) is 6.42. The summed E-state index contributed by atoms with van der Waals surface area (Å²) >= 11 is 1.03. The number of aryl methyl sites for hydroxylation is 1. The topological polar surface area (TPSA) is 98.5 Å². The zero-order valence-corrected chi connectivity index (χ0v) is 13.5. The lowest BCUT2D eigenvalue weighted by molar-refractivity contribution is -0.123. The number of benzene rings is 1. The molecule has 0 saturated heterocycles. The molecule has 118 valence electrons. The lowest BCUT2D eigenvalue weighted by atomic mass is 10.2. The van der Waals surface area contributed by atoms with Crippen molar-refractivity contribution in [1.82, 2.24) is 5.32 Å². The Morgan fingerprint density at radius 3 is 2.73 bits per heavy atom. The van der Waals surface area contributed by atoms with Gasteiger partial charge in [-0.15, -0.1) is 11.3 Å². The summed E-state index contributed by atoms with van der Waals surface area (Å²) in [7, 11) is -3.69. The van der Waals surface area contributed by atoms with Gasteiger partial charge in [0.05, 0.1) is 6.54 Å². The van der Waals surface area contributed by atoms with E-state index in [0.717, 1.165) is 16.9 Å². The molecule has 0 bridgehead atoms. The summed E-state index contributed by atoms with van der Waals surface area (Å²) in [6.45, 7) is 2.07. The van der Waals surface area contributed by atoms with Crippen molar-refractivity contribution < 1.29 is 17.9 Å². The minimum absolute atomic E-state index is 0.0766. The van der Waals surface area contributed by atoms with E-state index in [4.69, 9.17) is 9.88 Å². The third kappa shape index (κ3) is 4.83. The second-order valence-corrected chi connectivity index (χ2v) is 7.60. The van der Waals surface area contributed by atoms with Crippen LogP contribution in [0.5, 0.6) is 5.75 Å². The van der Waals surface area contributed by atoms with E-state index in [1.165, 1.54) is 6.07 Å². The van der Waals surface area contributed by atoms with Crippen LogP contribution in [-0.4, -0.2) is 20.9 Å². The fraction of sp³-hybridized carbons (Fsp3) is 0.214. The molecule has 6 nitrogen and oxygen atoms in total. The van der Waals surface area contributed by atoms with Gasteiger partial charge in [0.2, 0.25) is 10.0 Å². The zero-order chi connectivity index (χ0) is 16.2. The van der Waals surface area contributed by atoms with Gasteiger partial charge in [-0.2, -0.15) is 0 Å². The SMILES string of the molecule is Cc1cccc(OCC(=O)NCc2ccc(S(N)(=O)=O)s2)c1. The van der Waals surface area contributed by atoms with Crippen LogP contribution in [-0.2, 0) is 21.4 Å². The molecule has 22 heavy (non-hydrogen) atoms. The second-order valence-electron chi connectivity index (χ2n) is 4.65. The van der Waals surface area contributed by atoms with E-state index in [9.17, 15) is 13.2 Å². The van der Waals surface area contributed by atoms with E-state index in [2.05, 4.69) is 5.32 Å². The Balaban J connectivity index is 1.82. The Morgan fingerprint density at radius 2 is 2.09 bits per heavy atom. The molecule has 0 fully saturated rings. The Kier molecular flexibility index (Phi) is 5.17. The van der Waals surface area contributed by atoms with E-state index >= 15 is 0 Å². The lowest BCUT2D eigenvalue weighted by Gasteiger charge is -2.07. The predicted octanol–water partition coefficient (Wildman–Crippen LogP) is 1.40. The van der Waals surface area contributed by atoms with Gasteiger partial charge in [0.25, 0.3) is 5.91 Å². The van der Waals surface area contributed by atoms with E-state index < -0.39 is 10.0 Å². The predicted molar refractivity (Wildman–Crippen MR) is 84.2 cm³/mol. The molecule has 0 aliphatic rings. The number of nitrogens with two attached hydrogens (primary N) is 1. The van der Waals surface area contributed by atoms with Gasteiger partial charge in [-0.05, 0) is 36.8 Å². The average Bonchev–Trinajstić information content (AvgIpc) is 2.92. The molecule has 1 aromatic heterocycles. The third-order valence-corrected chi connectivity index (χ3v) is 5.26. The van der Waals surface area contributed by atoms with Crippen LogP contribution in [0, 0.1) is 6.92 Å². The minimum Gasteiger partial charge on any atom is -0.484 e. The molecule has 0 aliphatic heterocycles. The minimum atomic E-state index is -3.69. The molecule has 1 aromatic carbocycles. The molecule has 0 aliphatic carbocycles. The van der Waals surface area contributed by atoms with Crippen molar-refractivity contribution in [3.63, 3.8) is 0 Å². The van der Waals surface area contributed by atoms with E-state index in [1.54, 1.807) is 12.1 Å². The van der Waals surface area contributed by atoms with Crippen LogP contribution >= 0.6 is 11.3 Å². The summed E-state index contributed by atoms with van der Waals surface area (Å²) in [5, 5.41) is 7.69. The molecule has 1 heterocycles. The molecule has 2 rings (SSSR count). The maximum absolute atomic E-state index is 11.7. The number of nitrogens with one attached hydrogen (secondary N) is 1. The van der Waals surface area contributed by atoms with Crippen molar-refractivity contribution in [1.29, 1.82) is 0 Å². The molecular formula is C14H16N2O4S2. The number of sulfonamides is 1. The molecule has 0 radical (unpaired) electrons. The van der Waals surface area contributed by atoms with Crippen LogP contribution in [0.2, 0.25) is 0 Å². The van der Waals surface area contributed by atoms with Crippen LogP contribution in [0.4, 0.5) is 0 Å². The molecule has 0 unspecified atom stereocenters. The standard InChI is InChI=1S/C14H16N2O4S2/c1-10-3-2-4-11(7-10)20-9-13(17)16-8-12-5-6-14(21-12)22(15,18)19/h2-7H,8-9H2,1H3,(H,16,17)(H2,15,18,19). The van der Waals surface area contributed by atoms with Crippen LogP contribution in [0.3, 0.4) is 0 Å². The molecule has 3 N–H and O–H groups in total. The Hall–Kier alpha value is -1.90. The molecule has 0 spiro atoms. The fourth-order valence-electron chi connectivity index (χ4n) is 1.70. The summed E-state index contributed by atoms with van der Waals surface area (Å²) in [6.07, 6.45) is 0. The summed E-state index contributed by atoms with van der Waals surface area (Å²) < 4.78 is 27.8. The van der Waals surface area contributed by atoms with E-state index in [1.807, 2.05) is 25.1 Å². The number of rotatable bonds is 6. The molecule has 1 amide bonds. The first kappa shape index (κ1) is 16.5. The Morgan fingerprint density at radius 1 is 1.32 bits per heavy atom. The van der Waals surface area contributed by atoms with Gasteiger partial charge in [-0.3, -0.25) is 4.79 Å². The smallest absolute Gasteiger partial charge is 0.258 e. The number of amides is 1. The zero-order valence-electron chi connectivity index (χ0n) is 11.9. The van der Waals surface area contributed by atoms with Gasteiger partial charge in [0.1, 0.15) is 9.96 Å². The maximum atomic E-state index is 11.7. The number of hydrogen-bond acceptors (Lipinski definition) is 5. The Labute approximate surface area is 133 Å². The number of carbonyl (C=O) groups excluding carboxylic acids is 1. The summed E-state index contributed by atoms with van der Waals surface area (Å²) in [5.41, 5.74) is 1.05. The second kappa shape index (κ2) is 6.91. The lowest BCUT2D eigenvalue weighted by Crippen LogP contribution is -2.28. The third-order valence-electron chi connectivity index (χ3n) is 2.74. The van der Waals surface area contributed by atoms with Crippen LogP contribution in [0.25, 0.3) is 0 Å². The maximum Gasteiger partial charge on any atom is 0.258 e. The summed E-state index contributed by atoms with van der Waals surface area (Å²) in [6, 6.07) is 10.4. The van der Waals surface area contributed by atoms with Gasteiger partial charge in [-0.25, -0.2) is 13.6 Å². The largest absolute Gasteiger partial charge is 0.484 e. The highest BCUT2D eigenvalue weighted by Crippen LogP contribution is 2.20. The number of ether oxygens (including phenoxy) is 1. The van der Waals surface area contributed by atoms with Crippen LogP contribution < -0.4 is 15.2 Å². The van der Waals surface area contributed by atoms with Crippen molar-refractivity contribution >= 4 is 27.3 Å². The van der Waals surface area contributed by atoms with E-state index in [0.29, 0.717) is 10.6 Å². The molecule has 2 aromatic rings. The first-order valence-corrected chi connectivity index (χ1v) is 8.78. The van der Waals surface area contributed by atoms with Crippen molar-refractivity contribution in [2.45, 2.75) is 17.7 Å². The fourth-order valence-corrected chi connectivity index (χ4v) is 3.42. The summed E-state index contributed by atoms with van der Waals surface area (Å²) in [5.74, 6) is 0.342. The molecule has 8 heteroatoms. The van der Waals surface area contributed by atoms with Crippen molar-refractivity contribution in [2.24, 2.45) is 5.14 Å². The molecule has 0 atom stereocenters. The van der Waals surface area contributed by atoms with E-state index in [-0.39, 0.29) is 23.3 Å². The van der Waals surface area contributed by atoms with Crippen LogP contribution in [0.15, 0.2) is 40.6 Å². The highest BCUT2D eigenvalue weighted by atomic mass is 32.2. The van der Waals surface area contributed by atoms with Crippen LogP contribution in [0.1, 0.15) is 10.4 Å². The monoisotopic (exact) mass is 340 g/mol. The number of thiophene rings is 1. The van der Waals surface area contributed by atoms with Gasteiger partial charge in [-0.1, -0.05) is 12.1 Å². The quantitative estimate of drug-likeness (QED) is 0.830. The van der Waals surface area contributed by atoms with Gasteiger partial charge >= 0.3 is 0 Å².